The van der Waals surface area contributed by atoms with Crippen molar-refractivity contribution in [3.63, 3.8) is 0 Å². The van der Waals surface area contributed by atoms with Crippen molar-refractivity contribution in [1.29, 1.82) is 0 Å². The van der Waals surface area contributed by atoms with Crippen LogP contribution in [0.15, 0.2) is 36.7 Å². The monoisotopic (exact) mass is 309 g/mol. The Morgan fingerprint density at radius 1 is 1.30 bits per heavy atom. The van der Waals surface area contributed by atoms with E-state index in [1.165, 1.54) is 0 Å². The molecule has 2 heterocycles. The maximum atomic E-state index is 12.2. The summed E-state index contributed by atoms with van der Waals surface area (Å²) >= 11 is 11.9. The van der Waals surface area contributed by atoms with Gasteiger partial charge in [0.25, 0.3) is 5.91 Å². The largest absolute Gasteiger partial charge is 0.338 e. The molecular weight excluding hydrogens is 297 g/mol. The van der Waals surface area contributed by atoms with Gasteiger partial charge < -0.3 is 4.90 Å². The Balaban J connectivity index is 1.58. The summed E-state index contributed by atoms with van der Waals surface area (Å²) in [6.45, 7) is 2.22. The first-order valence-electron chi connectivity index (χ1n) is 6.35. The number of benzene rings is 1. The third-order valence-electron chi connectivity index (χ3n) is 3.40. The van der Waals surface area contributed by atoms with Crippen LogP contribution >= 0.6 is 23.2 Å². The maximum absolute atomic E-state index is 12.2. The highest BCUT2D eigenvalue weighted by atomic mass is 35.5. The zero-order chi connectivity index (χ0) is 14.1. The van der Waals surface area contributed by atoms with Gasteiger partial charge in [-0.25, -0.2) is 0 Å². The fourth-order valence-corrected chi connectivity index (χ4v) is 2.73. The topological polar surface area (TPSA) is 38.1 Å². The Morgan fingerprint density at radius 2 is 2.05 bits per heavy atom. The van der Waals surface area contributed by atoms with Crippen molar-refractivity contribution in [3.05, 3.63) is 52.3 Å². The first kappa shape index (κ1) is 13.5. The Morgan fingerprint density at radius 3 is 2.70 bits per heavy atom. The summed E-state index contributed by atoms with van der Waals surface area (Å²) in [6, 6.07) is 7.13. The minimum absolute atomic E-state index is 0.00894. The van der Waals surface area contributed by atoms with E-state index in [-0.39, 0.29) is 5.91 Å². The van der Waals surface area contributed by atoms with Crippen LogP contribution in [0, 0.1) is 5.92 Å². The molecule has 104 valence electrons. The summed E-state index contributed by atoms with van der Waals surface area (Å²) in [5.74, 6) is 0.405. The van der Waals surface area contributed by atoms with Gasteiger partial charge in [-0.1, -0.05) is 35.3 Å². The Kier molecular flexibility index (Phi) is 3.68. The average Bonchev–Trinajstić information content (AvgIpc) is 2.79. The van der Waals surface area contributed by atoms with Crippen LogP contribution in [0.4, 0.5) is 0 Å². The van der Waals surface area contributed by atoms with E-state index in [0.29, 0.717) is 21.5 Å². The van der Waals surface area contributed by atoms with E-state index < -0.39 is 0 Å². The summed E-state index contributed by atoms with van der Waals surface area (Å²) in [7, 11) is 0. The lowest BCUT2D eigenvalue weighted by molar-refractivity contribution is 0.0461. The number of halogens is 2. The molecule has 1 amide bonds. The van der Waals surface area contributed by atoms with Crippen LogP contribution in [0.25, 0.3) is 0 Å². The van der Waals surface area contributed by atoms with Gasteiger partial charge in [0.1, 0.15) is 0 Å². The second kappa shape index (κ2) is 5.46. The number of amides is 1. The molecule has 1 saturated heterocycles. The molecule has 0 unspecified atom stereocenters. The van der Waals surface area contributed by atoms with Crippen LogP contribution in [0.3, 0.4) is 0 Å². The number of aromatic nitrogens is 2. The van der Waals surface area contributed by atoms with Gasteiger partial charge in [-0.05, 0) is 12.1 Å². The van der Waals surface area contributed by atoms with Gasteiger partial charge in [0.15, 0.2) is 0 Å². The van der Waals surface area contributed by atoms with E-state index in [4.69, 9.17) is 23.2 Å². The smallest absolute Gasteiger partial charge is 0.255 e. The molecular formula is C14H13Cl2N3O. The van der Waals surface area contributed by atoms with E-state index in [9.17, 15) is 4.79 Å². The molecule has 6 heteroatoms. The van der Waals surface area contributed by atoms with Gasteiger partial charge in [-0.2, -0.15) is 5.10 Å². The lowest BCUT2D eigenvalue weighted by Gasteiger charge is -2.39. The van der Waals surface area contributed by atoms with Gasteiger partial charge in [-0.3, -0.25) is 9.48 Å². The normalized spacial score (nSPS) is 15.2. The van der Waals surface area contributed by atoms with E-state index in [0.717, 1.165) is 19.6 Å². The summed E-state index contributed by atoms with van der Waals surface area (Å²) < 4.78 is 1.81. The zero-order valence-electron chi connectivity index (χ0n) is 10.7. The van der Waals surface area contributed by atoms with Crippen molar-refractivity contribution < 1.29 is 4.79 Å². The third kappa shape index (κ3) is 2.67. The standard InChI is InChI=1S/C14H13Cl2N3O/c15-11-5-17-19(9-11)8-10-6-18(7-10)14(20)12-3-1-2-4-13(12)16/h1-5,9-10H,6-8H2. The maximum Gasteiger partial charge on any atom is 0.255 e. The van der Waals surface area contributed by atoms with Crippen LogP contribution in [-0.2, 0) is 6.54 Å². The molecule has 20 heavy (non-hydrogen) atoms. The Hall–Kier alpha value is -1.52. The molecule has 3 rings (SSSR count). The predicted octanol–water partition coefficient (Wildman–Crippen LogP) is 2.96. The number of hydrogen-bond donors (Lipinski definition) is 0. The molecule has 0 spiro atoms. The molecule has 0 bridgehead atoms. The van der Waals surface area contributed by atoms with Gasteiger partial charge in [0, 0.05) is 31.7 Å². The molecule has 1 aromatic carbocycles. The van der Waals surface area contributed by atoms with Crippen molar-refractivity contribution in [1.82, 2.24) is 14.7 Å². The first-order valence-corrected chi connectivity index (χ1v) is 7.11. The number of nitrogens with zero attached hydrogens (tertiary/aromatic N) is 3. The molecule has 0 radical (unpaired) electrons. The van der Waals surface area contributed by atoms with Gasteiger partial charge in [0.05, 0.1) is 21.8 Å². The fraction of sp³-hybridized carbons (Fsp3) is 0.286. The van der Waals surface area contributed by atoms with Crippen LogP contribution in [0.5, 0.6) is 0 Å². The molecule has 1 aliphatic rings. The van der Waals surface area contributed by atoms with E-state index in [1.807, 2.05) is 16.8 Å². The van der Waals surface area contributed by atoms with E-state index in [1.54, 1.807) is 29.4 Å². The second-order valence-electron chi connectivity index (χ2n) is 4.94. The molecule has 0 atom stereocenters. The quantitative estimate of drug-likeness (QED) is 0.874. The Bertz CT molecular complexity index is 635. The minimum Gasteiger partial charge on any atom is -0.338 e. The zero-order valence-corrected chi connectivity index (χ0v) is 12.2. The molecule has 0 aliphatic carbocycles. The highest BCUT2D eigenvalue weighted by molar-refractivity contribution is 6.33. The molecule has 1 fully saturated rings. The lowest BCUT2D eigenvalue weighted by Crippen LogP contribution is -2.51. The van der Waals surface area contributed by atoms with Crippen LogP contribution in [0.1, 0.15) is 10.4 Å². The Labute approximate surface area is 126 Å². The van der Waals surface area contributed by atoms with Crippen LogP contribution in [0.2, 0.25) is 10.0 Å². The summed E-state index contributed by atoms with van der Waals surface area (Å²) in [5, 5.41) is 5.27. The van der Waals surface area contributed by atoms with Crippen molar-refractivity contribution in [3.8, 4) is 0 Å². The lowest BCUT2D eigenvalue weighted by atomic mass is 9.99. The molecule has 1 aliphatic heterocycles. The highest BCUT2D eigenvalue weighted by Gasteiger charge is 2.32. The van der Waals surface area contributed by atoms with E-state index >= 15 is 0 Å². The molecule has 2 aromatic rings. The van der Waals surface area contributed by atoms with Crippen LogP contribution in [-0.4, -0.2) is 33.7 Å². The van der Waals surface area contributed by atoms with Crippen LogP contribution < -0.4 is 0 Å². The second-order valence-corrected chi connectivity index (χ2v) is 5.78. The van der Waals surface area contributed by atoms with Gasteiger partial charge >= 0.3 is 0 Å². The number of hydrogen-bond acceptors (Lipinski definition) is 2. The number of carbonyl (C=O) groups is 1. The minimum atomic E-state index is -0.00894. The van der Waals surface area contributed by atoms with Crippen molar-refractivity contribution in [2.45, 2.75) is 6.54 Å². The van der Waals surface area contributed by atoms with E-state index in [2.05, 4.69) is 5.10 Å². The molecule has 0 saturated carbocycles. The fourth-order valence-electron chi connectivity index (χ4n) is 2.36. The first-order chi connectivity index (χ1) is 9.63. The molecule has 4 nitrogen and oxygen atoms in total. The number of rotatable bonds is 3. The van der Waals surface area contributed by atoms with Gasteiger partial charge in [0.2, 0.25) is 0 Å². The summed E-state index contributed by atoms with van der Waals surface area (Å²) in [5.41, 5.74) is 0.565. The predicted molar refractivity (Wildman–Crippen MR) is 78.1 cm³/mol. The molecule has 1 aromatic heterocycles. The third-order valence-corrected chi connectivity index (χ3v) is 3.92. The van der Waals surface area contributed by atoms with Crippen molar-refractivity contribution >= 4 is 29.1 Å². The SMILES string of the molecule is O=C(c1ccccc1Cl)N1CC(Cn2cc(Cl)cn2)C1. The number of carbonyl (C=O) groups excluding carboxylic acids is 1. The van der Waals surface area contributed by atoms with Crippen molar-refractivity contribution in [2.24, 2.45) is 5.92 Å². The highest BCUT2D eigenvalue weighted by Crippen LogP contribution is 2.24. The summed E-state index contributed by atoms with van der Waals surface area (Å²) in [4.78, 5) is 14.1. The summed E-state index contributed by atoms with van der Waals surface area (Å²) in [6.07, 6.45) is 3.41. The van der Waals surface area contributed by atoms with Gasteiger partial charge in [-0.15, -0.1) is 0 Å². The molecule has 0 N–H and O–H groups in total. The van der Waals surface area contributed by atoms with Crippen molar-refractivity contribution in [2.75, 3.05) is 13.1 Å². The number of likely N-dealkylation sites (tertiary alicyclic amines) is 1. The average molecular weight is 310 g/mol.